The summed E-state index contributed by atoms with van der Waals surface area (Å²) in [6, 6.07) is 0. The first-order chi connectivity index (χ1) is 14.7. The lowest BCUT2D eigenvalue weighted by molar-refractivity contribution is -0.116. The van der Waals surface area contributed by atoms with Crippen LogP contribution < -0.4 is 0 Å². The van der Waals surface area contributed by atoms with Crippen molar-refractivity contribution < 1.29 is 4.79 Å². The van der Waals surface area contributed by atoms with Gasteiger partial charge in [-0.2, -0.15) is 0 Å². The molecule has 0 aromatic rings. The second kappa shape index (κ2) is 18.2. The van der Waals surface area contributed by atoms with Gasteiger partial charge < -0.3 is 4.79 Å². The fourth-order valence-corrected chi connectivity index (χ4v) is 3.84. The average Bonchev–Trinajstić information content (AvgIpc) is 2.71. The van der Waals surface area contributed by atoms with Crippen LogP contribution in [-0.2, 0) is 4.79 Å². The summed E-state index contributed by atoms with van der Waals surface area (Å²) in [5.41, 5.74) is 5.35. The quantitative estimate of drug-likeness (QED) is 0.120. The molecule has 0 fully saturated rings. The Morgan fingerprint density at radius 3 is 1.52 bits per heavy atom. The van der Waals surface area contributed by atoms with E-state index >= 15 is 0 Å². The lowest BCUT2D eigenvalue weighted by Crippen LogP contribution is -2.21. The molecular formula is C30H52O. The summed E-state index contributed by atoms with van der Waals surface area (Å²) < 4.78 is 0. The number of rotatable bonds is 18. The third-order valence-corrected chi connectivity index (χ3v) is 6.17. The van der Waals surface area contributed by atoms with Gasteiger partial charge in [0, 0.05) is 5.41 Å². The molecule has 0 amide bonds. The van der Waals surface area contributed by atoms with Gasteiger partial charge in [-0.1, -0.05) is 92.0 Å². The highest BCUT2D eigenvalue weighted by molar-refractivity contribution is 5.60. The molecule has 0 N–H and O–H groups in total. The highest BCUT2D eigenvalue weighted by Gasteiger charge is 2.27. The molecule has 0 saturated heterocycles. The summed E-state index contributed by atoms with van der Waals surface area (Å²) in [6.45, 7) is 15.3. The molecule has 0 saturated carbocycles. The molecule has 0 bridgehead atoms. The summed E-state index contributed by atoms with van der Waals surface area (Å²) in [5.74, 6) is 0. The van der Waals surface area contributed by atoms with Crippen molar-refractivity contribution in [1.29, 1.82) is 0 Å². The molecule has 0 unspecified atom stereocenters. The molecule has 31 heavy (non-hydrogen) atoms. The summed E-state index contributed by atoms with van der Waals surface area (Å²) in [5, 5.41) is 0. The Morgan fingerprint density at radius 1 is 0.645 bits per heavy atom. The van der Waals surface area contributed by atoms with Gasteiger partial charge in [0.2, 0.25) is 0 Å². The van der Waals surface area contributed by atoms with Crippen LogP contribution in [0.2, 0.25) is 0 Å². The van der Waals surface area contributed by atoms with Crippen LogP contribution in [0.4, 0.5) is 0 Å². The van der Waals surface area contributed by atoms with Gasteiger partial charge in [0.05, 0.1) is 0 Å². The summed E-state index contributed by atoms with van der Waals surface area (Å²) in [7, 11) is 0. The van der Waals surface area contributed by atoms with Crippen molar-refractivity contribution in [3.05, 3.63) is 46.6 Å². The van der Waals surface area contributed by atoms with Gasteiger partial charge in [-0.3, -0.25) is 0 Å². The largest absolute Gasteiger partial charge is 0.303 e. The Labute approximate surface area is 195 Å². The van der Waals surface area contributed by atoms with Crippen LogP contribution in [0.3, 0.4) is 0 Å². The monoisotopic (exact) mass is 428 g/mol. The zero-order valence-electron chi connectivity index (χ0n) is 22.0. The maximum Gasteiger partial charge on any atom is 0.126 e. The molecule has 0 aromatic carbocycles. The minimum Gasteiger partial charge on any atom is -0.303 e. The SMILES string of the molecule is CCCCCCCCC(C=O)(C/C=C(\C)CCC=C(C)C)C/C=C(\C)CCC=C(C)C. The molecule has 178 valence electrons. The van der Waals surface area contributed by atoms with Gasteiger partial charge in [-0.15, -0.1) is 0 Å². The van der Waals surface area contributed by atoms with Crippen molar-refractivity contribution in [2.75, 3.05) is 0 Å². The Balaban J connectivity index is 5.07. The Bertz CT molecular complexity index is 552. The standard InChI is InChI=1S/C30H52O/c1-8-9-10-11-12-13-22-30(25-31,23-20-28(6)18-14-16-26(2)3)24-21-29(7)19-15-17-27(4)5/h16-17,20-21,25H,8-15,18-19,22-24H2,1-7H3/b28-20+,29-21+. The highest BCUT2D eigenvalue weighted by atomic mass is 16.1. The van der Waals surface area contributed by atoms with Gasteiger partial charge in [0.25, 0.3) is 0 Å². The van der Waals surface area contributed by atoms with Crippen LogP contribution in [0, 0.1) is 5.41 Å². The van der Waals surface area contributed by atoms with Gasteiger partial charge in [-0.05, 0) is 86.5 Å². The van der Waals surface area contributed by atoms with E-state index in [1.807, 2.05) is 0 Å². The molecule has 1 nitrogen and oxygen atoms in total. The predicted octanol–water partition coefficient (Wildman–Crippen LogP) is 10.1. The first kappa shape index (κ1) is 29.6. The fourth-order valence-electron chi connectivity index (χ4n) is 3.84. The average molecular weight is 429 g/mol. The molecule has 0 heterocycles. The molecule has 0 spiro atoms. The Kier molecular flexibility index (Phi) is 17.4. The lowest BCUT2D eigenvalue weighted by Gasteiger charge is -2.26. The molecule has 0 aliphatic rings. The fraction of sp³-hybridized carbons (Fsp3) is 0.700. The zero-order valence-corrected chi connectivity index (χ0v) is 22.0. The third kappa shape index (κ3) is 16.9. The smallest absolute Gasteiger partial charge is 0.126 e. The molecule has 0 aromatic heterocycles. The molecule has 0 aliphatic heterocycles. The second-order valence-electron chi connectivity index (χ2n) is 10.1. The van der Waals surface area contributed by atoms with Crippen LogP contribution in [0.15, 0.2) is 46.6 Å². The number of aldehydes is 1. The van der Waals surface area contributed by atoms with Crippen molar-refractivity contribution in [2.45, 2.75) is 132 Å². The first-order valence-corrected chi connectivity index (χ1v) is 12.8. The highest BCUT2D eigenvalue weighted by Crippen LogP contribution is 2.34. The second-order valence-corrected chi connectivity index (χ2v) is 10.1. The van der Waals surface area contributed by atoms with E-state index in [4.69, 9.17) is 0 Å². The van der Waals surface area contributed by atoms with Crippen LogP contribution in [0.25, 0.3) is 0 Å². The van der Waals surface area contributed by atoms with E-state index in [9.17, 15) is 4.79 Å². The number of hydrogen-bond donors (Lipinski definition) is 0. The molecule has 0 radical (unpaired) electrons. The number of hydrogen-bond acceptors (Lipinski definition) is 1. The van der Waals surface area contributed by atoms with E-state index in [1.165, 1.54) is 60.7 Å². The third-order valence-electron chi connectivity index (χ3n) is 6.17. The summed E-state index contributed by atoms with van der Waals surface area (Å²) in [4.78, 5) is 12.3. The van der Waals surface area contributed by atoms with Crippen LogP contribution in [0.1, 0.15) is 132 Å². The number of carbonyl (C=O) groups is 1. The Hall–Kier alpha value is -1.37. The summed E-state index contributed by atoms with van der Waals surface area (Å²) >= 11 is 0. The number of carbonyl (C=O) groups excluding carboxylic acids is 1. The van der Waals surface area contributed by atoms with Crippen molar-refractivity contribution in [3.63, 3.8) is 0 Å². The van der Waals surface area contributed by atoms with E-state index in [-0.39, 0.29) is 5.41 Å². The lowest BCUT2D eigenvalue weighted by atomic mass is 9.76. The van der Waals surface area contributed by atoms with Gasteiger partial charge in [-0.25, -0.2) is 0 Å². The first-order valence-electron chi connectivity index (χ1n) is 12.8. The van der Waals surface area contributed by atoms with E-state index < -0.39 is 0 Å². The van der Waals surface area contributed by atoms with Crippen LogP contribution >= 0.6 is 0 Å². The van der Waals surface area contributed by atoms with Gasteiger partial charge in [0.15, 0.2) is 0 Å². The molecular weight excluding hydrogens is 376 g/mol. The molecule has 0 atom stereocenters. The van der Waals surface area contributed by atoms with E-state index in [0.29, 0.717) is 0 Å². The van der Waals surface area contributed by atoms with Crippen molar-refractivity contribution in [1.82, 2.24) is 0 Å². The van der Waals surface area contributed by atoms with Gasteiger partial charge >= 0.3 is 0 Å². The topological polar surface area (TPSA) is 17.1 Å². The molecule has 0 rings (SSSR count). The maximum absolute atomic E-state index is 12.3. The van der Waals surface area contributed by atoms with E-state index in [0.717, 1.165) is 51.4 Å². The van der Waals surface area contributed by atoms with Crippen molar-refractivity contribution in [3.8, 4) is 0 Å². The summed E-state index contributed by atoms with van der Waals surface area (Å²) in [6.07, 6.45) is 25.4. The van der Waals surface area contributed by atoms with Gasteiger partial charge in [0.1, 0.15) is 6.29 Å². The zero-order chi connectivity index (χ0) is 23.5. The Morgan fingerprint density at radius 2 is 1.10 bits per heavy atom. The normalized spacial score (nSPS) is 12.6. The van der Waals surface area contributed by atoms with Crippen LogP contribution in [0.5, 0.6) is 0 Å². The number of allylic oxidation sites excluding steroid dienone is 8. The predicted molar refractivity (Wildman–Crippen MR) is 141 cm³/mol. The molecule has 0 aliphatic carbocycles. The minimum absolute atomic E-state index is 0.236. The van der Waals surface area contributed by atoms with E-state index in [1.54, 1.807) is 0 Å². The minimum atomic E-state index is -0.236. The van der Waals surface area contributed by atoms with Crippen molar-refractivity contribution >= 4 is 6.29 Å². The van der Waals surface area contributed by atoms with Crippen LogP contribution in [-0.4, -0.2) is 6.29 Å². The molecule has 1 heteroatoms. The van der Waals surface area contributed by atoms with Crippen molar-refractivity contribution in [2.24, 2.45) is 5.41 Å². The number of unbranched alkanes of at least 4 members (excludes halogenated alkanes) is 5. The maximum atomic E-state index is 12.3. The van der Waals surface area contributed by atoms with E-state index in [2.05, 4.69) is 72.8 Å².